The van der Waals surface area contributed by atoms with Gasteiger partial charge >= 0.3 is 6.01 Å². The molecule has 21 heavy (non-hydrogen) atoms. The third-order valence-corrected chi connectivity index (χ3v) is 3.82. The lowest BCUT2D eigenvalue weighted by Gasteiger charge is -2.26. The van der Waals surface area contributed by atoms with Gasteiger partial charge < -0.3 is 4.74 Å². The highest BCUT2D eigenvalue weighted by molar-refractivity contribution is 6.28. The Morgan fingerprint density at radius 2 is 2.00 bits per heavy atom. The van der Waals surface area contributed by atoms with Gasteiger partial charge in [-0.05, 0) is 55.8 Å². The Kier molecular flexibility index (Phi) is 4.06. The minimum atomic E-state index is -0.00220. The van der Waals surface area contributed by atoms with Gasteiger partial charge in [0.15, 0.2) is 5.82 Å². The molecule has 0 radical (unpaired) electrons. The maximum Gasteiger partial charge on any atom is 0.321 e. The second kappa shape index (κ2) is 5.98. The van der Waals surface area contributed by atoms with Gasteiger partial charge in [0.1, 0.15) is 0 Å². The summed E-state index contributed by atoms with van der Waals surface area (Å²) in [6.07, 6.45) is 3.85. The van der Waals surface area contributed by atoms with Crippen molar-refractivity contribution in [3.8, 4) is 17.4 Å². The van der Waals surface area contributed by atoms with Gasteiger partial charge in [-0.25, -0.2) is 0 Å². The molecule has 0 amide bonds. The largest absolute Gasteiger partial charge is 0.461 e. The van der Waals surface area contributed by atoms with E-state index in [1.165, 1.54) is 24.8 Å². The Balaban J connectivity index is 1.93. The van der Waals surface area contributed by atoms with Crippen LogP contribution >= 0.6 is 11.6 Å². The Bertz CT molecular complexity index is 641. The van der Waals surface area contributed by atoms with Gasteiger partial charge in [-0.1, -0.05) is 24.6 Å². The summed E-state index contributed by atoms with van der Waals surface area (Å²) in [5.74, 6) is 1.24. The molecule has 0 unspecified atom stereocenters. The van der Waals surface area contributed by atoms with Crippen molar-refractivity contribution < 1.29 is 4.74 Å². The molecule has 1 aliphatic rings. The zero-order chi connectivity index (χ0) is 14.8. The van der Waals surface area contributed by atoms with E-state index in [-0.39, 0.29) is 17.4 Å². The Hall–Kier alpha value is -1.68. The maximum atomic E-state index is 5.98. The molecular formula is C16H18ClN3O. The minimum Gasteiger partial charge on any atom is -0.461 e. The number of halogens is 1. The van der Waals surface area contributed by atoms with Crippen LogP contribution in [0.15, 0.2) is 24.3 Å². The number of nitrogens with zero attached hydrogens (tertiary/aromatic N) is 3. The first-order chi connectivity index (χ1) is 10.1. The van der Waals surface area contributed by atoms with E-state index >= 15 is 0 Å². The van der Waals surface area contributed by atoms with Gasteiger partial charge in [-0.3, -0.25) is 0 Å². The molecule has 0 saturated heterocycles. The molecule has 5 heteroatoms. The van der Waals surface area contributed by atoms with Crippen molar-refractivity contribution in [1.82, 2.24) is 15.0 Å². The van der Waals surface area contributed by atoms with Gasteiger partial charge in [0.2, 0.25) is 5.28 Å². The summed E-state index contributed by atoms with van der Waals surface area (Å²) in [5.41, 5.74) is 2.30. The molecule has 1 aromatic heterocycles. The van der Waals surface area contributed by atoms with E-state index < -0.39 is 0 Å². The smallest absolute Gasteiger partial charge is 0.321 e. The van der Waals surface area contributed by atoms with Gasteiger partial charge in [-0.15, -0.1) is 0 Å². The van der Waals surface area contributed by atoms with Crippen molar-refractivity contribution in [2.24, 2.45) is 0 Å². The van der Waals surface area contributed by atoms with E-state index in [2.05, 4.69) is 27.1 Å². The Morgan fingerprint density at radius 3 is 2.67 bits per heavy atom. The summed E-state index contributed by atoms with van der Waals surface area (Å²) in [6.45, 7) is 3.85. The van der Waals surface area contributed by atoms with E-state index in [0.717, 1.165) is 5.56 Å². The molecule has 1 saturated carbocycles. The first kappa shape index (κ1) is 14.3. The lowest BCUT2D eigenvalue weighted by atomic mass is 9.80. The maximum absolute atomic E-state index is 5.98. The van der Waals surface area contributed by atoms with Crippen LogP contribution in [-0.4, -0.2) is 21.1 Å². The Labute approximate surface area is 129 Å². The molecule has 3 rings (SSSR count). The first-order valence-corrected chi connectivity index (χ1v) is 7.68. The fourth-order valence-corrected chi connectivity index (χ4v) is 2.55. The molecule has 1 aromatic carbocycles. The highest BCUT2D eigenvalue weighted by atomic mass is 35.5. The highest BCUT2D eigenvalue weighted by Crippen LogP contribution is 2.37. The van der Waals surface area contributed by atoms with E-state index in [0.29, 0.717) is 11.7 Å². The van der Waals surface area contributed by atoms with Crippen molar-refractivity contribution in [3.63, 3.8) is 0 Å². The number of hydrogen-bond acceptors (Lipinski definition) is 4. The van der Waals surface area contributed by atoms with Crippen LogP contribution in [0.3, 0.4) is 0 Å². The van der Waals surface area contributed by atoms with E-state index in [1.54, 1.807) is 0 Å². The molecular weight excluding hydrogens is 286 g/mol. The molecule has 0 spiro atoms. The molecule has 1 heterocycles. The van der Waals surface area contributed by atoms with Crippen molar-refractivity contribution >= 4 is 11.6 Å². The van der Waals surface area contributed by atoms with Gasteiger partial charge in [0, 0.05) is 5.56 Å². The van der Waals surface area contributed by atoms with Crippen molar-refractivity contribution in [3.05, 3.63) is 35.1 Å². The van der Waals surface area contributed by atoms with Crippen molar-refractivity contribution in [2.75, 3.05) is 0 Å². The summed E-state index contributed by atoms with van der Waals surface area (Å²) in [4.78, 5) is 12.6. The summed E-state index contributed by atoms with van der Waals surface area (Å²) in [7, 11) is 0. The third-order valence-electron chi connectivity index (χ3n) is 3.65. The van der Waals surface area contributed by atoms with Crippen LogP contribution < -0.4 is 4.74 Å². The highest BCUT2D eigenvalue weighted by Gasteiger charge is 2.20. The molecule has 0 N–H and O–H groups in total. The predicted octanol–water partition coefficient (Wildman–Crippen LogP) is 4.25. The van der Waals surface area contributed by atoms with Crippen LogP contribution in [0, 0.1) is 0 Å². The molecule has 1 fully saturated rings. The second-order valence-corrected chi connectivity index (χ2v) is 5.97. The molecule has 110 valence electrons. The number of benzene rings is 1. The topological polar surface area (TPSA) is 47.9 Å². The zero-order valence-electron chi connectivity index (χ0n) is 12.2. The number of hydrogen-bond donors (Lipinski definition) is 0. The quantitative estimate of drug-likeness (QED) is 0.847. The van der Waals surface area contributed by atoms with Crippen molar-refractivity contribution in [1.29, 1.82) is 0 Å². The lowest BCUT2D eigenvalue weighted by molar-refractivity contribution is 0.222. The SMILES string of the molecule is CC(C)Oc1nc(Cl)nc(-c2cccc(C3CCC3)c2)n1. The Morgan fingerprint density at radius 1 is 1.19 bits per heavy atom. The molecule has 4 nitrogen and oxygen atoms in total. The third kappa shape index (κ3) is 3.32. The zero-order valence-corrected chi connectivity index (χ0v) is 13.0. The number of ether oxygens (including phenoxy) is 1. The molecule has 0 atom stereocenters. The number of rotatable bonds is 4. The van der Waals surface area contributed by atoms with Crippen LogP contribution in [0.5, 0.6) is 6.01 Å². The molecule has 1 aliphatic carbocycles. The van der Waals surface area contributed by atoms with Crippen LogP contribution in [0.2, 0.25) is 5.28 Å². The summed E-state index contributed by atoms with van der Waals surface area (Å²) in [5, 5.41) is 0.157. The van der Waals surface area contributed by atoms with E-state index in [9.17, 15) is 0 Å². The minimum absolute atomic E-state index is 0.00220. The molecule has 0 aliphatic heterocycles. The normalized spacial score (nSPS) is 15.0. The monoisotopic (exact) mass is 303 g/mol. The fourth-order valence-electron chi connectivity index (χ4n) is 2.40. The van der Waals surface area contributed by atoms with Gasteiger partial charge in [-0.2, -0.15) is 15.0 Å². The summed E-state index contributed by atoms with van der Waals surface area (Å²) < 4.78 is 5.52. The molecule has 0 bridgehead atoms. The van der Waals surface area contributed by atoms with Gasteiger partial charge in [0.05, 0.1) is 6.10 Å². The van der Waals surface area contributed by atoms with Crippen LogP contribution in [0.25, 0.3) is 11.4 Å². The average Bonchev–Trinajstić information content (AvgIpc) is 2.35. The van der Waals surface area contributed by atoms with E-state index in [1.807, 2.05) is 26.0 Å². The second-order valence-electron chi connectivity index (χ2n) is 5.63. The summed E-state index contributed by atoms with van der Waals surface area (Å²) >= 11 is 5.98. The van der Waals surface area contributed by atoms with E-state index in [4.69, 9.17) is 16.3 Å². The predicted molar refractivity (Wildman–Crippen MR) is 82.6 cm³/mol. The average molecular weight is 304 g/mol. The van der Waals surface area contributed by atoms with Crippen LogP contribution in [0.1, 0.15) is 44.6 Å². The van der Waals surface area contributed by atoms with Gasteiger partial charge in [0.25, 0.3) is 0 Å². The molecule has 2 aromatic rings. The first-order valence-electron chi connectivity index (χ1n) is 7.30. The lowest BCUT2D eigenvalue weighted by Crippen LogP contribution is -2.10. The number of aromatic nitrogens is 3. The fraction of sp³-hybridized carbons (Fsp3) is 0.438. The van der Waals surface area contributed by atoms with Crippen molar-refractivity contribution in [2.45, 2.75) is 45.1 Å². The van der Waals surface area contributed by atoms with Crippen LogP contribution in [0.4, 0.5) is 0 Å². The standard InChI is InChI=1S/C16H18ClN3O/c1-10(2)21-16-19-14(18-15(17)20-16)13-8-4-7-12(9-13)11-5-3-6-11/h4,7-11H,3,5-6H2,1-2H3. The van der Waals surface area contributed by atoms with Crippen LogP contribution in [-0.2, 0) is 0 Å². The summed E-state index contributed by atoms with van der Waals surface area (Å²) in [6, 6.07) is 8.63.